The lowest BCUT2D eigenvalue weighted by atomic mass is 10.1. The summed E-state index contributed by atoms with van der Waals surface area (Å²) < 4.78 is 31.5. The first kappa shape index (κ1) is 24.3. The maximum Gasteiger partial charge on any atom is 0.251 e. The predicted molar refractivity (Wildman–Crippen MR) is 132 cm³/mol. The number of aryl methyl sites for hydroxylation is 2. The zero-order chi connectivity index (χ0) is 24.2. The van der Waals surface area contributed by atoms with E-state index in [0.717, 1.165) is 28.0 Å². The van der Waals surface area contributed by atoms with Crippen molar-refractivity contribution in [1.82, 2.24) is 5.32 Å². The zero-order valence-corrected chi connectivity index (χ0v) is 20.4. The Morgan fingerprint density at radius 2 is 1.55 bits per heavy atom. The number of amides is 1. The number of rotatable bonds is 8. The molecule has 0 aliphatic rings. The van der Waals surface area contributed by atoms with Gasteiger partial charge in [-0.25, -0.2) is 8.42 Å². The van der Waals surface area contributed by atoms with Crippen LogP contribution in [0.3, 0.4) is 0 Å². The summed E-state index contributed by atoms with van der Waals surface area (Å²) in [5.74, 6) is 0.566. The van der Waals surface area contributed by atoms with Crippen molar-refractivity contribution < 1.29 is 17.9 Å². The van der Waals surface area contributed by atoms with Gasteiger partial charge in [0.15, 0.2) is 0 Å². The van der Waals surface area contributed by atoms with Gasteiger partial charge in [-0.05, 0) is 79.4 Å². The van der Waals surface area contributed by atoms with Gasteiger partial charge in [0.2, 0.25) is 10.0 Å². The van der Waals surface area contributed by atoms with Crippen molar-refractivity contribution in [2.75, 3.05) is 17.7 Å². The predicted octanol–water partition coefficient (Wildman–Crippen LogP) is 4.77. The number of benzene rings is 3. The van der Waals surface area contributed by atoms with Crippen molar-refractivity contribution in [3.63, 3.8) is 0 Å². The van der Waals surface area contributed by atoms with Crippen molar-refractivity contribution in [3.05, 3.63) is 94.5 Å². The molecule has 0 aromatic heterocycles. The SMILES string of the molecule is COc1ccc(C(C)NC(=O)c2ccc(CN(c3cc(C)cc(C)c3)S(C)(=O)=O)cc2)cc1. The molecule has 174 valence electrons. The number of methoxy groups -OCH3 is 1. The third-order valence-electron chi connectivity index (χ3n) is 5.40. The number of sulfonamides is 1. The number of hydrogen-bond donors (Lipinski definition) is 1. The number of nitrogens with one attached hydrogen (secondary N) is 1. The normalized spacial score (nSPS) is 12.2. The lowest BCUT2D eigenvalue weighted by Gasteiger charge is -2.23. The van der Waals surface area contributed by atoms with Gasteiger partial charge in [0.05, 0.1) is 31.6 Å². The summed E-state index contributed by atoms with van der Waals surface area (Å²) in [7, 11) is -1.87. The van der Waals surface area contributed by atoms with E-state index < -0.39 is 10.0 Å². The van der Waals surface area contributed by atoms with Crippen LogP contribution in [0.2, 0.25) is 0 Å². The van der Waals surface area contributed by atoms with Crippen molar-refractivity contribution >= 4 is 21.6 Å². The molecule has 0 radical (unpaired) electrons. The minimum Gasteiger partial charge on any atom is -0.497 e. The van der Waals surface area contributed by atoms with E-state index in [4.69, 9.17) is 4.74 Å². The van der Waals surface area contributed by atoms with Crippen molar-refractivity contribution in [2.45, 2.75) is 33.4 Å². The Bertz CT molecular complexity index is 1200. The van der Waals surface area contributed by atoms with Crippen LogP contribution < -0.4 is 14.4 Å². The molecule has 0 saturated heterocycles. The van der Waals surface area contributed by atoms with E-state index in [2.05, 4.69) is 5.32 Å². The Balaban J connectivity index is 1.73. The third-order valence-corrected chi connectivity index (χ3v) is 6.54. The highest BCUT2D eigenvalue weighted by Gasteiger charge is 2.19. The molecule has 0 spiro atoms. The second-order valence-electron chi connectivity index (χ2n) is 8.28. The molecule has 1 unspecified atom stereocenters. The van der Waals surface area contributed by atoms with Gasteiger partial charge in [-0.3, -0.25) is 9.10 Å². The fraction of sp³-hybridized carbons (Fsp3) is 0.269. The fourth-order valence-corrected chi connectivity index (χ4v) is 4.55. The third kappa shape index (κ3) is 6.35. The van der Waals surface area contributed by atoms with Crippen molar-refractivity contribution in [2.24, 2.45) is 0 Å². The van der Waals surface area contributed by atoms with Crippen molar-refractivity contribution in [3.8, 4) is 5.75 Å². The van der Waals surface area contributed by atoms with Gasteiger partial charge >= 0.3 is 0 Å². The largest absolute Gasteiger partial charge is 0.497 e. The topological polar surface area (TPSA) is 75.7 Å². The van der Waals surface area contributed by atoms with Gasteiger partial charge in [-0.15, -0.1) is 0 Å². The molecule has 0 heterocycles. The molecule has 33 heavy (non-hydrogen) atoms. The van der Waals surface area contributed by atoms with E-state index >= 15 is 0 Å². The average Bonchev–Trinajstić information content (AvgIpc) is 2.76. The van der Waals surface area contributed by atoms with Crippen molar-refractivity contribution in [1.29, 1.82) is 0 Å². The lowest BCUT2D eigenvalue weighted by molar-refractivity contribution is 0.0940. The summed E-state index contributed by atoms with van der Waals surface area (Å²) >= 11 is 0. The summed E-state index contributed by atoms with van der Waals surface area (Å²) in [6.07, 6.45) is 1.20. The van der Waals surface area contributed by atoms with E-state index in [1.807, 2.05) is 63.2 Å². The Hall–Kier alpha value is -3.32. The fourth-order valence-electron chi connectivity index (χ4n) is 3.68. The number of anilines is 1. The first-order valence-corrected chi connectivity index (χ1v) is 12.5. The molecule has 0 bridgehead atoms. The second-order valence-corrected chi connectivity index (χ2v) is 10.2. The molecule has 0 fully saturated rings. The van der Waals surface area contributed by atoms with Gasteiger partial charge in [-0.1, -0.05) is 30.3 Å². The average molecular weight is 467 g/mol. The minimum absolute atomic E-state index is 0.173. The highest BCUT2D eigenvalue weighted by Crippen LogP contribution is 2.24. The van der Waals surface area contributed by atoms with E-state index in [-0.39, 0.29) is 18.5 Å². The van der Waals surface area contributed by atoms with Gasteiger partial charge in [0.1, 0.15) is 5.75 Å². The summed E-state index contributed by atoms with van der Waals surface area (Å²) in [5.41, 5.74) is 4.90. The quantitative estimate of drug-likeness (QED) is 0.519. The first-order valence-electron chi connectivity index (χ1n) is 10.7. The van der Waals surface area contributed by atoms with Crippen LogP contribution in [0.4, 0.5) is 5.69 Å². The van der Waals surface area contributed by atoms with Gasteiger partial charge in [0.25, 0.3) is 5.91 Å². The Morgan fingerprint density at radius 1 is 0.970 bits per heavy atom. The van der Waals surface area contributed by atoms with E-state index in [1.54, 1.807) is 31.4 Å². The molecule has 1 atom stereocenters. The highest BCUT2D eigenvalue weighted by atomic mass is 32.2. The van der Waals surface area contributed by atoms with Crippen LogP contribution in [-0.4, -0.2) is 27.7 Å². The molecule has 0 aliphatic heterocycles. The van der Waals surface area contributed by atoms with Gasteiger partial charge in [0, 0.05) is 5.56 Å². The van der Waals surface area contributed by atoms with E-state index in [0.29, 0.717) is 11.3 Å². The Morgan fingerprint density at radius 3 is 2.06 bits per heavy atom. The smallest absolute Gasteiger partial charge is 0.251 e. The standard InChI is InChI=1S/C26H30N2O4S/c1-18-14-19(2)16-24(15-18)28(33(5,30)31)17-21-6-8-23(9-7-21)26(29)27-20(3)22-10-12-25(32-4)13-11-22/h6-16,20H,17H2,1-5H3,(H,27,29). The molecule has 1 N–H and O–H groups in total. The molecule has 3 rings (SSSR count). The molecule has 3 aromatic carbocycles. The number of carbonyl (C=O) groups excluding carboxylic acids is 1. The molecule has 7 heteroatoms. The zero-order valence-electron chi connectivity index (χ0n) is 19.6. The summed E-state index contributed by atoms with van der Waals surface area (Å²) in [6, 6.07) is 20.1. The number of nitrogens with zero attached hydrogens (tertiary/aromatic N) is 1. The monoisotopic (exact) mass is 466 g/mol. The van der Waals surface area contributed by atoms with E-state index in [1.165, 1.54) is 10.6 Å². The maximum atomic E-state index is 12.7. The number of hydrogen-bond acceptors (Lipinski definition) is 4. The number of carbonyl (C=O) groups is 1. The molecule has 3 aromatic rings. The minimum atomic E-state index is -3.48. The summed E-state index contributed by atoms with van der Waals surface area (Å²) in [4.78, 5) is 12.7. The molecule has 6 nitrogen and oxygen atoms in total. The molecular formula is C26H30N2O4S. The molecule has 0 aliphatic carbocycles. The van der Waals surface area contributed by atoms with Gasteiger partial charge < -0.3 is 10.1 Å². The van der Waals surface area contributed by atoms with Crippen LogP contribution in [0.1, 0.15) is 45.6 Å². The van der Waals surface area contributed by atoms with Crippen LogP contribution >= 0.6 is 0 Å². The Labute approximate surface area is 196 Å². The van der Waals surface area contributed by atoms with Gasteiger partial charge in [-0.2, -0.15) is 0 Å². The first-order chi connectivity index (χ1) is 15.6. The molecule has 1 amide bonds. The number of ether oxygens (including phenoxy) is 1. The van der Waals surface area contributed by atoms with E-state index in [9.17, 15) is 13.2 Å². The molecule has 0 saturated carbocycles. The maximum absolute atomic E-state index is 12.7. The lowest BCUT2D eigenvalue weighted by Crippen LogP contribution is -2.29. The van der Waals surface area contributed by atoms with Crippen LogP contribution in [-0.2, 0) is 16.6 Å². The van der Waals surface area contributed by atoms with Crippen LogP contribution in [0, 0.1) is 13.8 Å². The van der Waals surface area contributed by atoms with Crippen LogP contribution in [0.5, 0.6) is 5.75 Å². The molecular weight excluding hydrogens is 436 g/mol. The highest BCUT2D eigenvalue weighted by molar-refractivity contribution is 7.92. The summed E-state index contributed by atoms with van der Waals surface area (Å²) in [6.45, 7) is 5.99. The van der Waals surface area contributed by atoms with Crippen LogP contribution in [0.15, 0.2) is 66.7 Å². The summed E-state index contributed by atoms with van der Waals surface area (Å²) in [5, 5.41) is 2.99. The van der Waals surface area contributed by atoms with Crippen LogP contribution in [0.25, 0.3) is 0 Å². The Kier molecular flexibility index (Phi) is 7.43. The second kappa shape index (κ2) is 10.1.